The number of halogens is 3. The van der Waals surface area contributed by atoms with Gasteiger partial charge in [-0.3, -0.25) is 0 Å². The van der Waals surface area contributed by atoms with E-state index in [4.69, 9.17) is 33.7 Å². The molecule has 106 valence electrons. The second kappa shape index (κ2) is 6.44. The molecule has 20 heavy (non-hydrogen) atoms. The van der Waals surface area contributed by atoms with Crippen LogP contribution < -0.4 is 10.5 Å². The molecule has 0 aromatic heterocycles. The Morgan fingerprint density at radius 3 is 2.55 bits per heavy atom. The van der Waals surface area contributed by atoms with Crippen LogP contribution >= 0.6 is 23.2 Å². The van der Waals surface area contributed by atoms with Gasteiger partial charge in [-0.1, -0.05) is 23.2 Å². The molecule has 0 aliphatic carbocycles. The minimum Gasteiger partial charge on any atom is -0.457 e. The van der Waals surface area contributed by atoms with E-state index in [0.29, 0.717) is 33.5 Å². The smallest absolute Gasteiger partial charge is 0.130 e. The average molecular weight is 314 g/mol. The number of rotatable bonds is 4. The summed E-state index contributed by atoms with van der Waals surface area (Å²) in [7, 11) is 0. The van der Waals surface area contributed by atoms with E-state index in [-0.39, 0.29) is 11.9 Å². The third-order valence-electron chi connectivity index (χ3n) is 2.68. The molecule has 2 rings (SSSR count). The van der Waals surface area contributed by atoms with Crippen molar-refractivity contribution in [1.82, 2.24) is 0 Å². The van der Waals surface area contributed by atoms with Crippen molar-refractivity contribution in [2.24, 2.45) is 5.73 Å². The third kappa shape index (κ3) is 3.85. The molecular formula is C15H14Cl2FNO. The van der Waals surface area contributed by atoms with Crippen molar-refractivity contribution in [1.29, 1.82) is 0 Å². The SMILES string of the molecule is CC(N)Cc1cc(F)ccc1Oc1ccc(Cl)c(Cl)c1. The van der Waals surface area contributed by atoms with Crippen LogP contribution in [0.2, 0.25) is 10.0 Å². The van der Waals surface area contributed by atoms with Crippen LogP contribution in [0.1, 0.15) is 12.5 Å². The molecule has 1 unspecified atom stereocenters. The van der Waals surface area contributed by atoms with Gasteiger partial charge >= 0.3 is 0 Å². The van der Waals surface area contributed by atoms with Crippen molar-refractivity contribution in [2.45, 2.75) is 19.4 Å². The molecular weight excluding hydrogens is 300 g/mol. The Bertz CT molecular complexity index is 617. The molecule has 0 saturated heterocycles. The lowest BCUT2D eigenvalue weighted by molar-refractivity contribution is 0.471. The molecule has 2 nitrogen and oxygen atoms in total. The molecule has 0 aliphatic rings. The normalized spacial score (nSPS) is 12.2. The Morgan fingerprint density at radius 1 is 1.15 bits per heavy atom. The Labute approximate surface area is 127 Å². The lowest BCUT2D eigenvalue weighted by atomic mass is 10.1. The van der Waals surface area contributed by atoms with Crippen LogP contribution in [-0.4, -0.2) is 6.04 Å². The first-order chi connectivity index (χ1) is 9.45. The second-order valence-electron chi connectivity index (χ2n) is 4.61. The van der Waals surface area contributed by atoms with Gasteiger partial charge in [-0.15, -0.1) is 0 Å². The Hall–Kier alpha value is -1.29. The van der Waals surface area contributed by atoms with Gasteiger partial charge in [0.05, 0.1) is 10.0 Å². The molecule has 0 spiro atoms. The van der Waals surface area contributed by atoms with E-state index in [0.717, 1.165) is 0 Å². The highest BCUT2D eigenvalue weighted by Crippen LogP contribution is 2.31. The average Bonchev–Trinajstić information content (AvgIpc) is 2.36. The van der Waals surface area contributed by atoms with Gasteiger partial charge in [-0.05, 0) is 49.2 Å². The topological polar surface area (TPSA) is 35.2 Å². The summed E-state index contributed by atoms with van der Waals surface area (Å²) >= 11 is 11.8. The van der Waals surface area contributed by atoms with Gasteiger partial charge in [-0.2, -0.15) is 0 Å². The summed E-state index contributed by atoms with van der Waals surface area (Å²) in [5.41, 5.74) is 6.48. The van der Waals surface area contributed by atoms with E-state index >= 15 is 0 Å². The summed E-state index contributed by atoms with van der Waals surface area (Å²) in [4.78, 5) is 0. The number of benzene rings is 2. The maximum atomic E-state index is 13.3. The molecule has 0 aliphatic heterocycles. The summed E-state index contributed by atoms with van der Waals surface area (Å²) in [5.74, 6) is 0.779. The predicted octanol–water partition coefficient (Wildman–Crippen LogP) is 4.81. The molecule has 2 aromatic rings. The van der Waals surface area contributed by atoms with Gasteiger partial charge in [0.25, 0.3) is 0 Å². The number of ether oxygens (including phenoxy) is 1. The van der Waals surface area contributed by atoms with Crippen molar-refractivity contribution in [3.05, 3.63) is 57.8 Å². The highest BCUT2D eigenvalue weighted by molar-refractivity contribution is 6.42. The van der Waals surface area contributed by atoms with E-state index in [1.54, 1.807) is 24.3 Å². The first-order valence-corrected chi connectivity index (χ1v) is 6.88. The largest absolute Gasteiger partial charge is 0.457 e. The Morgan fingerprint density at radius 2 is 1.90 bits per heavy atom. The minimum absolute atomic E-state index is 0.0899. The number of hydrogen-bond donors (Lipinski definition) is 1. The van der Waals surface area contributed by atoms with Crippen LogP contribution in [0.5, 0.6) is 11.5 Å². The van der Waals surface area contributed by atoms with Crippen molar-refractivity contribution in [3.63, 3.8) is 0 Å². The fraction of sp³-hybridized carbons (Fsp3) is 0.200. The molecule has 5 heteroatoms. The highest BCUT2D eigenvalue weighted by Gasteiger charge is 2.10. The number of hydrogen-bond acceptors (Lipinski definition) is 2. The fourth-order valence-corrected chi connectivity index (χ4v) is 2.11. The molecule has 0 heterocycles. The van der Waals surface area contributed by atoms with E-state index in [9.17, 15) is 4.39 Å². The van der Waals surface area contributed by atoms with E-state index in [1.165, 1.54) is 12.1 Å². The molecule has 0 bridgehead atoms. The minimum atomic E-state index is -0.317. The van der Waals surface area contributed by atoms with Gasteiger partial charge in [-0.25, -0.2) is 4.39 Å². The van der Waals surface area contributed by atoms with Crippen LogP contribution in [0, 0.1) is 5.82 Å². The van der Waals surface area contributed by atoms with E-state index in [2.05, 4.69) is 0 Å². The van der Waals surface area contributed by atoms with Gasteiger partial charge in [0.15, 0.2) is 0 Å². The van der Waals surface area contributed by atoms with Crippen molar-refractivity contribution < 1.29 is 9.13 Å². The summed E-state index contributed by atoms with van der Waals surface area (Å²) in [6.45, 7) is 1.86. The molecule has 0 radical (unpaired) electrons. The number of nitrogens with two attached hydrogens (primary N) is 1. The van der Waals surface area contributed by atoms with Crippen molar-refractivity contribution >= 4 is 23.2 Å². The summed E-state index contributed by atoms with van der Waals surface area (Å²) in [5, 5.41) is 0.856. The summed E-state index contributed by atoms with van der Waals surface area (Å²) < 4.78 is 19.1. The van der Waals surface area contributed by atoms with Crippen LogP contribution in [-0.2, 0) is 6.42 Å². The quantitative estimate of drug-likeness (QED) is 0.878. The summed E-state index contributed by atoms with van der Waals surface area (Å²) in [6.07, 6.45) is 0.522. The Kier molecular flexibility index (Phi) is 4.86. The van der Waals surface area contributed by atoms with E-state index < -0.39 is 0 Å². The lowest BCUT2D eigenvalue weighted by Gasteiger charge is -2.13. The van der Waals surface area contributed by atoms with Gasteiger partial charge in [0.2, 0.25) is 0 Å². The zero-order chi connectivity index (χ0) is 14.7. The first-order valence-electron chi connectivity index (χ1n) is 6.12. The van der Waals surface area contributed by atoms with Crippen molar-refractivity contribution in [3.8, 4) is 11.5 Å². The van der Waals surface area contributed by atoms with Crippen LogP contribution in [0.4, 0.5) is 4.39 Å². The van der Waals surface area contributed by atoms with Crippen molar-refractivity contribution in [2.75, 3.05) is 0 Å². The van der Waals surface area contributed by atoms with E-state index in [1.807, 2.05) is 6.92 Å². The zero-order valence-electron chi connectivity index (χ0n) is 10.9. The second-order valence-corrected chi connectivity index (χ2v) is 5.43. The zero-order valence-corrected chi connectivity index (χ0v) is 12.4. The predicted molar refractivity (Wildman–Crippen MR) is 80.3 cm³/mol. The fourth-order valence-electron chi connectivity index (χ4n) is 1.82. The Balaban J connectivity index is 2.30. The molecule has 0 fully saturated rings. The van der Waals surface area contributed by atoms with Crippen LogP contribution in [0.15, 0.2) is 36.4 Å². The molecule has 2 aromatic carbocycles. The molecule has 0 saturated carbocycles. The first kappa shape index (κ1) is 15.1. The molecule has 2 N–H and O–H groups in total. The lowest BCUT2D eigenvalue weighted by Crippen LogP contribution is -2.18. The molecule has 1 atom stereocenters. The standard InChI is InChI=1S/C15H14Cl2FNO/c1-9(19)6-10-7-11(18)2-5-15(10)20-12-3-4-13(16)14(17)8-12/h2-5,7-9H,6,19H2,1H3. The monoisotopic (exact) mass is 313 g/mol. The van der Waals surface area contributed by atoms with Crippen LogP contribution in [0.25, 0.3) is 0 Å². The maximum Gasteiger partial charge on any atom is 0.130 e. The van der Waals surface area contributed by atoms with Gasteiger partial charge < -0.3 is 10.5 Å². The van der Waals surface area contributed by atoms with Crippen LogP contribution in [0.3, 0.4) is 0 Å². The maximum absolute atomic E-state index is 13.3. The summed E-state index contributed by atoms with van der Waals surface area (Å²) in [6, 6.07) is 9.22. The van der Waals surface area contributed by atoms with Gasteiger partial charge in [0, 0.05) is 12.1 Å². The highest BCUT2D eigenvalue weighted by atomic mass is 35.5. The molecule has 0 amide bonds. The van der Waals surface area contributed by atoms with Gasteiger partial charge in [0.1, 0.15) is 17.3 Å². The third-order valence-corrected chi connectivity index (χ3v) is 3.42.